The van der Waals surface area contributed by atoms with E-state index in [4.69, 9.17) is 4.43 Å². The summed E-state index contributed by atoms with van der Waals surface area (Å²) in [7, 11) is -1.68. The van der Waals surface area contributed by atoms with Gasteiger partial charge in [-0.1, -0.05) is 27.7 Å². The quantitative estimate of drug-likeness (QED) is 0.707. The number of hydrogen-bond acceptors (Lipinski definition) is 2. The van der Waals surface area contributed by atoms with Gasteiger partial charge in [-0.15, -0.1) is 0 Å². The van der Waals surface area contributed by atoms with Crippen molar-refractivity contribution >= 4 is 14.1 Å². The molecule has 0 bridgehead atoms. The van der Waals surface area contributed by atoms with E-state index in [0.29, 0.717) is 18.3 Å². The molecule has 3 heteroatoms. The van der Waals surface area contributed by atoms with E-state index in [1.807, 2.05) is 0 Å². The molecule has 1 aliphatic rings. The van der Waals surface area contributed by atoms with Crippen molar-refractivity contribution in [1.82, 2.24) is 0 Å². The minimum atomic E-state index is -1.68. The summed E-state index contributed by atoms with van der Waals surface area (Å²) in [5, 5.41) is 0.234. The Hall–Kier alpha value is -0.153. The molecule has 0 saturated heterocycles. The zero-order chi connectivity index (χ0) is 12.6. The average molecular weight is 242 g/mol. The van der Waals surface area contributed by atoms with Crippen molar-refractivity contribution in [2.24, 2.45) is 11.8 Å². The maximum atomic E-state index is 11.7. The maximum absolute atomic E-state index is 11.7. The third kappa shape index (κ3) is 2.95. The first kappa shape index (κ1) is 13.9. The van der Waals surface area contributed by atoms with Crippen molar-refractivity contribution < 1.29 is 9.22 Å². The molecule has 2 atom stereocenters. The number of hydrogen-bond donors (Lipinski definition) is 0. The second-order valence-electron chi connectivity index (χ2n) is 6.66. The van der Waals surface area contributed by atoms with Crippen LogP contribution in [0.3, 0.4) is 0 Å². The Morgan fingerprint density at radius 2 is 1.94 bits per heavy atom. The van der Waals surface area contributed by atoms with Gasteiger partial charge in [-0.05, 0) is 30.5 Å². The molecule has 0 unspecified atom stereocenters. The second-order valence-corrected chi connectivity index (χ2v) is 11.5. The van der Waals surface area contributed by atoms with Gasteiger partial charge in [0.2, 0.25) is 0 Å². The molecule has 0 N–H and O–H groups in total. The van der Waals surface area contributed by atoms with E-state index in [9.17, 15) is 4.79 Å². The van der Waals surface area contributed by atoms with Gasteiger partial charge in [0.1, 0.15) is 5.78 Å². The summed E-state index contributed by atoms with van der Waals surface area (Å²) >= 11 is 0. The minimum Gasteiger partial charge on any atom is -0.416 e. The lowest BCUT2D eigenvalue weighted by molar-refractivity contribution is -0.122. The predicted molar refractivity (Wildman–Crippen MR) is 70.0 cm³/mol. The smallest absolute Gasteiger partial charge is 0.192 e. The molecule has 94 valence electrons. The number of carbonyl (C=O) groups is 1. The Morgan fingerprint density at radius 1 is 1.38 bits per heavy atom. The fourth-order valence-corrected chi connectivity index (χ4v) is 2.87. The zero-order valence-electron chi connectivity index (χ0n) is 11.6. The van der Waals surface area contributed by atoms with Gasteiger partial charge in [-0.2, -0.15) is 0 Å². The molecule has 1 fully saturated rings. The fraction of sp³-hybridized carbons (Fsp3) is 0.923. The van der Waals surface area contributed by atoms with Crippen LogP contribution in [0.5, 0.6) is 0 Å². The lowest BCUT2D eigenvalue weighted by Crippen LogP contribution is -2.42. The lowest BCUT2D eigenvalue weighted by atomic mass is 9.99. The van der Waals surface area contributed by atoms with Gasteiger partial charge in [-0.3, -0.25) is 4.79 Å². The van der Waals surface area contributed by atoms with Crippen LogP contribution >= 0.6 is 0 Å². The highest BCUT2D eigenvalue weighted by atomic mass is 28.4. The van der Waals surface area contributed by atoms with E-state index < -0.39 is 8.32 Å². The molecule has 1 rings (SSSR count). The molecule has 0 aromatic rings. The molecular formula is C13H26O2Si. The first-order chi connectivity index (χ1) is 7.15. The largest absolute Gasteiger partial charge is 0.416 e. The average Bonchev–Trinajstić information content (AvgIpc) is 2.42. The zero-order valence-corrected chi connectivity index (χ0v) is 12.6. The van der Waals surface area contributed by atoms with Gasteiger partial charge in [0.25, 0.3) is 0 Å². The number of ketones is 1. The standard InChI is InChI=1S/C13H26O2Si/c1-10-7-8-12(14)11(10)9-15-16(5,6)13(2,3)4/h10-11H,7-9H2,1-6H3/t10-,11-/m0/s1. The highest BCUT2D eigenvalue weighted by molar-refractivity contribution is 6.74. The molecule has 0 radical (unpaired) electrons. The number of rotatable bonds is 3. The van der Waals surface area contributed by atoms with Crippen LogP contribution in [0.4, 0.5) is 0 Å². The number of carbonyl (C=O) groups excluding carboxylic acids is 1. The summed E-state index contributed by atoms with van der Waals surface area (Å²) in [6, 6.07) is 0. The highest BCUT2D eigenvalue weighted by Crippen LogP contribution is 2.38. The summed E-state index contributed by atoms with van der Waals surface area (Å²) < 4.78 is 6.14. The minimum absolute atomic E-state index is 0.161. The fourth-order valence-electron chi connectivity index (χ4n) is 1.85. The van der Waals surface area contributed by atoms with Gasteiger partial charge in [0.15, 0.2) is 8.32 Å². The van der Waals surface area contributed by atoms with Crippen LogP contribution in [0.25, 0.3) is 0 Å². The van der Waals surface area contributed by atoms with E-state index in [1.54, 1.807) is 0 Å². The lowest BCUT2D eigenvalue weighted by Gasteiger charge is -2.37. The first-order valence-corrected chi connectivity index (χ1v) is 9.22. The summed E-state index contributed by atoms with van der Waals surface area (Å²) in [6.07, 6.45) is 1.80. The summed E-state index contributed by atoms with van der Waals surface area (Å²) in [5.41, 5.74) is 0. The van der Waals surface area contributed by atoms with Crippen LogP contribution in [0.15, 0.2) is 0 Å². The van der Waals surface area contributed by atoms with Gasteiger partial charge in [0.05, 0.1) is 0 Å². The maximum Gasteiger partial charge on any atom is 0.192 e. The van der Waals surface area contributed by atoms with Crippen LogP contribution in [-0.4, -0.2) is 20.7 Å². The van der Waals surface area contributed by atoms with Gasteiger partial charge in [0, 0.05) is 18.9 Å². The Kier molecular flexibility index (Phi) is 4.01. The Balaban J connectivity index is 2.54. The molecular weight excluding hydrogens is 216 g/mol. The molecule has 0 aromatic heterocycles. The topological polar surface area (TPSA) is 26.3 Å². The van der Waals surface area contributed by atoms with Crippen LogP contribution in [0.2, 0.25) is 18.1 Å². The molecule has 2 nitrogen and oxygen atoms in total. The third-order valence-electron chi connectivity index (χ3n) is 4.38. The van der Waals surface area contributed by atoms with E-state index in [0.717, 1.165) is 12.8 Å². The van der Waals surface area contributed by atoms with Crippen LogP contribution in [-0.2, 0) is 9.22 Å². The third-order valence-corrected chi connectivity index (χ3v) is 8.88. The van der Waals surface area contributed by atoms with Crippen molar-refractivity contribution in [3.63, 3.8) is 0 Å². The molecule has 0 aliphatic heterocycles. The number of Topliss-reactive ketones (excluding diaryl/α,β-unsaturated/α-hetero) is 1. The SMILES string of the molecule is C[C@H]1CCC(=O)[C@H]1CO[Si](C)(C)C(C)(C)C. The van der Waals surface area contributed by atoms with Gasteiger partial charge < -0.3 is 4.43 Å². The Labute approximate surface area is 101 Å². The molecule has 1 aliphatic carbocycles. The van der Waals surface area contributed by atoms with E-state index in [-0.39, 0.29) is 11.0 Å². The monoisotopic (exact) mass is 242 g/mol. The van der Waals surface area contributed by atoms with Crippen molar-refractivity contribution in [2.75, 3.05) is 6.61 Å². The van der Waals surface area contributed by atoms with Gasteiger partial charge in [-0.25, -0.2) is 0 Å². The van der Waals surface area contributed by atoms with Crippen LogP contribution in [0, 0.1) is 11.8 Å². The molecule has 0 heterocycles. The molecule has 0 amide bonds. The first-order valence-electron chi connectivity index (χ1n) is 6.32. The molecule has 0 aromatic carbocycles. The summed E-state index contributed by atoms with van der Waals surface area (Å²) in [6.45, 7) is 14.0. The molecule has 1 saturated carbocycles. The molecule has 16 heavy (non-hydrogen) atoms. The van der Waals surface area contributed by atoms with Crippen molar-refractivity contribution in [1.29, 1.82) is 0 Å². The van der Waals surface area contributed by atoms with Gasteiger partial charge >= 0.3 is 0 Å². The highest BCUT2D eigenvalue weighted by Gasteiger charge is 2.39. The Bertz CT molecular complexity index is 266. The normalized spacial score (nSPS) is 27.5. The van der Waals surface area contributed by atoms with E-state index >= 15 is 0 Å². The van der Waals surface area contributed by atoms with Crippen molar-refractivity contribution in [3.8, 4) is 0 Å². The second kappa shape index (κ2) is 4.61. The van der Waals surface area contributed by atoms with E-state index in [1.165, 1.54) is 0 Å². The predicted octanol–water partition coefficient (Wildman–Crippen LogP) is 3.62. The summed E-state index contributed by atoms with van der Waals surface area (Å²) in [4.78, 5) is 11.7. The van der Waals surface area contributed by atoms with E-state index in [2.05, 4.69) is 40.8 Å². The Morgan fingerprint density at radius 3 is 2.31 bits per heavy atom. The molecule has 0 spiro atoms. The van der Waals surface area contributed by atoms with Crippen molar-refractivity contribution in [3.05, 3.63) is 0 Å². The van der Waals surface area contributed by atoms with Crippen LogP contribution in [0.1, 0.15) is 40.5 Å². The summed E-state index contributed by atoms with van der Waals surface area (Å²) in [5.74, 6) is 1.08. The van der Waals surface area contributed by atoms with Crippen LogP contribution < -0.4 is 0 Å². The van der Waals surface area contributed by atoms with Crippen molar-refractivity contribution in [2.45, 2.75) is 58.7 Å².